The minimum absolute atomic E-state index is 0.141. The van der Waals surface area contributed by atoms with E-state index in [1.807, 2.05) is 0 Å². The van der Waals surface area contributed by atoms with Gasteiger partial charge in [-0.3, -0.25) is 9.48 Å². The Labute approximate surface area is 74.8 Å². The minimum atomic E-state index is -0.141. The molecule has 2 aromatic heterocycles. The molecule has 66 valence electrons. The molecule has 0 saturated heterocycles. The predicted molar refractivity (Wildman–Crippen MR) is 45.3 cm³/mol. The molecule has 0 N–H and O–H groups in total. The summed E-state index contributed by atoms with van der Waals surface area (Å²) in [5.41, 5.74) is 0.539. The van der Waals surface area contributed by atoms with Crippen molar-refractivity contribution in [2.45, 2.75) is 0 Å². The first-order chi connectivity index (χ1) is 6.27. The second-order valence-corrected chi connectivity index (χ2v) is 2.71. The van der Waals surface area contributed by atoms with Gasteiger partial charge in [-0.2, -0.15) is 5.10 Å². The quantitative estimate of drug-likeness (QED) is 0.647. The van der Waals surface area contributed by atoms with Crippen molar-refractivity contribution in [3.8, 4) is 0 Å². The molecule has 2 rings (SSSR count). The van der Waals surface area contributed by atoms with Gasteiger partial charge in [0.15, 0.2) is 5.76 Å². The third-order valence-electron chi connectivity index (χ3n) is 1.71. The van der Waals surface area contributed by atoms with Gasteiger partial charge in [0, 0.05) is 13.2 Å². The van der Waals surface area contributed by atoms with E-state index in [0.29, 0.717) is 11.3 Å². The summed E-state index contributed by atoms with van der Waals surface area (Å²) in [7, 11) is 1.76. The molecule has 13 heavy (non-hydrogen) atoms. The third kappa shape index (κ3) is 1.38. The molecule has 0 aliphatic rings. The van der Waals surface area contributed by atoms with Gasteiger partial charge in [0.1, 0.15) is 0 Å². The Kier molecular flexibility index (Phi) is 1.73. The highest BCUT2D eigenvalue weighted by molar-refractivity contribution is 6.06. The van der Waals surface area contributed by atoms with Gasteiger partial charge < -0.3 is 4.42 Å². The van der Waals surface area contributed by atoms with Crippen LogP contribution in [0.3, 0.4) is 0 Å². The molecular formula is C9H8N2O2. The Balaban J connectivity index is 2.33. The van der Waals surface area contributed by atoms with Crippen molar-refractivity contribution in [3.05, 3.63) is 42.1 Å². The molecule has 0 saturated carbocycles. The van der Waals surface area contributed by atoms with Crippen LogP contribution >= 0.6 is 0 Å². The first kappa shape index (κ1) is 7.79. The number of ketones is 1. The summed E-state index contributed by atoms with van der Waals surface area (Å²) in [4.78, 5) is 11.6. The van der Waals surface area contributed by atoms with Crippen LogP contribution in [0, 0.1) is 0 Å². The molecule has 4 heteroatoms. The predicted octanol–water partition coefficient (Wildman–Crippen LogP) is 1.24. The number of rotatable bonds is 2. The van der Waals surface area contributed by atoms with Crippen molar-refractivity contribution in [2.24, 2.45) is 7.05 Å². The summed E-state index contributed by atoms with van der Waals surface area (Å²) in [5.74, 6) is 0.200. The molecule has 0 unspecified atom stereocenters. The normalized spacial score (nSPS) is 10.2. The SMILES string of the molecule is Cn1cc(C(=O)c2ccco2)cn1. The van der Waals surface area contributed by atoms with E-state index >= 15 is 0 Å². The average Bonchev–Trinajstić information content (AvgIpc) is 2.72. The van der Waals surface area contributed by atoms with Crippen molar-refractivity contribution >= 4 is 5.78 Å². The second-order valence-electron chi connectivity index (χ2n) is 2.71. The number of carbonyl (C=O) groups is 1. The highest BCUT2D eigenvalue weighted by Gasteiger charge is 2.12. The first-order valence-electron chi connectivity index (χ1n) is 3.84. The lowest BCUT2D eigenvalue weighted by molar-refractivity contribution is 0.101. The Morgan fingerprint density at radius 3 is 3.00 bits per heavy atom. The number of furan rings is 1. The lowest BCUT2D eigenvalue weighted by atomic mass is 10.2. The molecule has 0 atom stereocenters. The molecule has 0 aliphatic carbocycles. The van der Waals surface area contributed by atoms with Gasteiger partial charge in [-0.25, -0.2) is 0 Å². The van der Waals surface area contributed by atoms with Crippen LogP contribution in [-0.4, -0.2) is 15.6 Å². The summed E-state index contributed by atoms with van der Waals surface area (Å²) >= 11 is 0. The number of carbonyl (C=O) groups excluding carboxylic acids is 1. The fraction of sp³-hybridized carbons (Fsp3) is 0.111. The molecule has 0 spiro atoms. The van der Waals surface area contributed by atoms with Gasteiger partial charge in [-0.1, -0.05) is 0 Å². The molecule has 2 heterocycles. The minimum Gasteiger partial charge on any atom is -0.461 e. The summed E-state index contributed by atoms with van der Waals surface area (Å²) in [6, 6.07) is 3.32. The van der Waals surface area contributed by atoms with Crippen LogP contribution in [0.5, 0.6) is 0 Å². The monoisotopic (exact) mass is 176 g/mol. The number of aromatic nitrogens is 2. The molecule has 0 aliphatic heterocycles. The van der Waals surface area contributed by atoms with E-state index < -0.39 is 0 Å². The summed E-state index contributed by atoms with van der Waals surface area (Å²) in [5, 5.41) is 3.90. The smallest absolute Gasteiger partial charge is 0.231 e. The third-order valence-corrected chi connectivity index (χ3v) is 1.71. The van der Waals surface area contributed by atoms with Gasteiger partial charge >= 0.3 is 0 Å². The summed E-state index contributed by atoms with van der Waals surface area (Å²) in [6.07, 6.45) is 4.65. The van der Waals surface area contributed by atoms with E-state index in [1.165, 1.54) is 12.5 Å². The molecular weight excluding hydrogens is 168 g/mol. The Morgan fingerprint density at radius 1 is 1.62 bits per heavy atom. The van der Waals surface area contributed by atoms with Gasteiger partial charge in [0.25, 0.3) is 0 Å². The molecule has 0 bridgehead atoms. The van der Waals surface area contributed by atoms with E-state index in [0.717, 1.165) is 0 Å². The topological polar surface area (TPSA) is 48.0 Å². The van der Waals surface area contributed by atoms with E-state index in [-0.39, 0.29) is 5.78 Å². The highest BCUT2D eigenvalue weighted by Crippen LogP contribution is 2.08. The Bertz CT molecular complexity index is 415. The fourth-order valence-corrected chi connectivity index (χ4v) is 1.09. The van der Waals surface area contributed by atoms with Crippen molar-refractivity contribution < 1.29 is 9.21 Å². The molecule has 0 fully saturated rings. The fourth-order valence-electron chi connectivity index (χ4n) is 1.09. The van der Waals surface area contributed by atoms with E-state index in [1.54, 1.807) is 30.1 Å². The lowest BCUT2D eigenvalue weighted by Gasteiger charge is -1.89. The van der Waals surface area contributed by atoms with Crippen LogP contribution in [-0.2, 0) is 7.05 Å². The first-order valence-corrected chi connectivity index (χ1v) is 3.84. The van der Waals surface area contributed by atoms with Crippen molar-refractivity contribution in [1.29, 1.82) is 0 Å². The van der Waals surface area contributed by atoms with Crippen molar-refractivity contribution in [3.63, 3.8) is 0 Å². The van der Waals surface area contributed by atoms with Crippen LogP contribution in [0.4, 0.5) is 0 Å². The highest BCUT2D eigenvalue weighted by atomic mass is 16.3. The zero-order valence-corrected chi connectivity index (χ0v) is 7.10. The molecule has 0 radical (unpaired) electrons. The zero-order chi connectivity index (χ0) is 9.26. The zero-order valence-electron chi connectivity index (χ0n) is 7.10. The van der Waals surface area contributed by atoms with Gasteiger partial charge in [0.2, 0.25) is 5.78 Å². The largest absolute Gasteiger partial charge is 0.461 e. The number of hydrogen-bond donors (Lipinski definition) is 0. The standard InChI is InChI=1S/C9H8N2O2/c1-11-6-7(5-10-11)9(12)8-3-2-4-13-8/h2-6H,1H3. The van der Waals surface area contributed by atoms with Crippen molar-refractivity contribution in [1.82, 2.24) is 9.78 Å². The molecule has 4 nitrogen and oxygen atoms in total. The van der Waals surface area contributed by atoms with Crippen LogP contribution < -0.4 is 0 Å². The maximum Gasteiger partial charge on any atom is 0.231 e. The summed E-state index contributed by atoms with van der Waals surface area (Å²) < 4.78 is 6.55. The van der Waals surface area contributed by atoms with E-state index in [2.05, 4.69) is 5.10 Å². The van der Waals surface area contributed by atoms with E-state index in [4.69, 9.17) is 4.42 Å². The Morgan fingerprint density at radius 2 is 2.46 bits per heavy atom. The number of nitrogens with zero attached hydrogens (tertiary/aromatic N) is 2. The molecule has 0 amide bonds. The molecule has 0 aromatic carbocycles. The van der Waals surface area contributed by atoms with E-state index in [9.17, 15) is 4.79 Å². The average molecular weight is 176 g/mol. The maximum atomic E-state index is 11.6. The van der Waals surface area contributed by atoms with Gasteiger partial charge in [-0.05, 0) is 12.1 Å². The van der Waals surface area contributed by atoms with Crippen LogP contribution in [0.25, 0.3) is 0 Å². The maximum absolute atomic E-state index is 11.6. The second kappa shape index (κ2) is 2.90. The molecule has 2 aromatic rings. The van der Waals surface area contributed by atoms with Crippen molar-refractivity contribution in [2.75, 3.05) is 0 Å². The van der Waals surface area contributed by atoms with Gasteiger partial charge in [-0.15, -0.1) is 0 Å². The number of aryl methyl sites for hydroxylation is 1. The Hall–Kier alpha value is -1.84. The lowest BCUT2D eigenvalue weighted by Crippen LogP contribution is -1.97. The number of hydrogen-bond acceptors (Lipinski definition) is 3. The van der Waals surface area contributed by atoms with Crippen LogP contribution in [0.1, 0.15) is 16.1 Å². The summed E-state index contributed by atoms with van der Waals surface area (Å²) in [6.45, 7) is 0. The van der Waals surface area contributed by atoms with Gasteiger partial charge in [0.05, 0.1) is 18.0 Å². The van der Waals surface area contributed by atoms with Crippen LogP contribution in [0.15, 0.2) is 35.2 Å². The van der Waals surface area contributed by atoms with Crippen LogP contribution in [0.2, 0.25) is 0 Å².